The van der Waals surface area contributed by atoms with E-state index in [1.165, 1.54) is 17.7 Å². The highest BCUT2D eigenvalue weighted by molar-refractivity contribution is 7.98. The highest BCUT2D eigenvalue weighted by Crippen LogP contribution is 2.35. The van der Waals surface area contributed by atoms with E-state index in [-0.39, 0.29) is 16.7 Å². The highest BCUT2D eigenvalue weighted by Gasteiger charge is 2.16. The summed E-state index contributed by atoms with van der Waals surface area (Å²) in [6.45, 7) is 1.57. The molecule has 0 aliphatic carbocycles. The van der Waals surface area contributed by atoms with E-state index < -0.39 is 4.92 Å². The van der Waals surface area contributed by atoms with Gasteiger partial charge in [0.2, 0.25) is 0 Å². The molecule has 2 rings (SSSR count). The molecule has 0 aliphatic rings. The van der Waals surface area contributed by atoms with Crippen LogP contribution in [0.15, 0.2) is 54.6 Å². The first kappa shape index (κ1) is 16.2. The molecule has 0 N–H and O–H groups in total. The summed E-state index contributed by atoms with van der Waals surface area (Å²) in [6, 6.07) is 16.5. The van der Waals surface area contributed by atoms with Crippen LogP contribution in [-0.2, 0) is 10.5 Å². The van der Waals surface area contributed by atoms with Gasteiger partial charge in [-0.05, 0) is 18.1 Å². The number of Topliss-reactive ketones (excluding diaryl/α,β-unsaturated/α-hetero) is 1. The van der Waals surface area contributed by atoms with Crippen molar-refractivity contribution in [1.29, 1.82) is 0 Å². The second kappa shape index (κ2) is 7.75. The molecule has 0 saturated carbocycles. The number of nitro benzene ring substituents is 1. The third kappa shape index (κ3) is 4.70. The molecule has 114 valence electrons. The lowest BCUT2D eigenvalue weighted by atomic mass is 10.1. The highest BCUT2D eigenvalue weighted by atomic mass is 32.2. The van der Waals surface area contributed by atoms with E-state index in [1.807, 2.05) is 30.3 Å². The Morgan fingerprint density at radius 2 is 1.77 bits per heavy atom. The summed E-state index contributed by atoms with van der Waals surface area (Å²) in [5, 5.41) is 10.7. The first-order valence-electron chi connectivity index (χ1n) is 6.95. The number of hydrogen-bond donors (Lipinski definition) is 0. The van der Waals surface area contributed by atoms with Gasteiger partial charge in [0.05, 0.1) is 4.92 Å². The van der Waals surface area contributed by atoms with E-state index in [4.69, 9.17) is 0 Å². The molecule has 0 bridgehead atoms. The van der Waals surface area contributed by atoms with Crippen molar-refractivity contribution in [3.63, 3.8) is 0 Å². The minimum absolute atomic E-state index is 0.0125. The van der Waals surface area contributed by atoms with Gasteiger partial charge in [-0.15, -0.1) is 11.8 Å². The Labute approximate surface area is 133 Å². The molecule has 0 aromatic heterocycles. The number of benzene rings is 2. The molecule has 0 amide bonds. The van der Waals surface area contributed by atoms with Crippen molar-refractivity contribution in [3.8, 4) is 0 Å². The molecule has 0 aliphatic heterocycles. The van der Waals surface area contributed by atoms with Crippen LogP contribution >= 0.6 is 11.8 Å². The Bertz CT molecular complexity index is 641. The van der Waals surface area contributed by atoms with E-state index in [2.05, 4.69) is 0 Å². The van der Waals surface area contributed by atoms with E-state index in [0.717, 1.165) is 11.3 Å². The van der Waals surface area contributed by atoms with Crippen LogP contribution in [0.25, 0.3) is 0 Å². The number of rotatable bonds is 7. The molecule has 1 atom stereocenters. The molecule has 0 unspecified atom stereocenters. The fraction of sp³-hybridized carbons (Fsp3) is 0.235. The fourth-order valence-electron chi connectivity index (χ4n) is 2.12. The molecule has 0 saturated heterocycles. The number of nitrogens with zero attached hydrogens (tertiary/aromatic N) is 1. The van der Waals surface area contributed by atoms with Crippen LogP contribution in [0.2, 0.25) is 0 Å². The summed E-state index contributed by atoms with van der Waals surface area (Å²) in [4.78, 5) is 21.8. The lowest BCUT2D eigenvalue weighted by Gasteiger charge is -2.15. The minimum Gasteiger partial charge on any atom is -0.300 e. The number of thioether (sulfide) groups is 1. The number of carbonyl (C=O) groups is 1. The quantitative estimate of drug-likeness (QED) is 0.555. The van der Waals surface area contributed by atoms with Crippen molar-refractivity contribution in [2.75, 3.05) is 0 Å². The number of carbonyl (C=O) groups excluding carboxylic acids is 1. The van der Waals surface area contributed by atoms with Crippen molar-refractivity contribution >= 4 is 23.2 Å². The third-order valence-electron chi connectivity index (χ3n) is 3.24. The number of non-ortho nitro benzene ring substituents is 1. The fourth-order valence-corrected chi connectivity index (χ4v) is 3.40. The maximum Gasteiger partial charge on any atom is 0.269 e. The Morgan fingerprint density at radius 3 is 2.32 bits per heavy atom. The van der Waals surface area contributed by atoms with Crippen molar-refractivity contribution in [2.24, 2.45) is 0 Å². The molecule has 0 heterocycles. The van der Waals surface area contributed by atoms with Crippen LogP contribution in [0.5, 0.6) is 0 Å². The monoisotopic (exact) mass is 315 g/mol. The number of ketones is 1. The van der Waals surface area contributed by atoms with Crippen molar-refractivity contribution in [3.05, 3.63) is 75.8 Å². The van der Waals surface area contributed by atoms with Crippen LogP contribution in [0.3, 0.4) is 0 Å². The zero-order valence-electron chi connectivity index (χ0n) is 12.3. The lowest BCUT2D eigenvalue weighted by molar-refractivity contribution is -0.384. The molecule has 0 spiro atoms. The van der Waals surface area contributed by atoms with Gasteiger partial charge in [0.15, 0.2) is 0 Å². The third-order valence-corrected chi connectivity index (χ3v) is 4.58. The van der Waals surface area contributed by atoms with Crippen LogP contribution < -0.4 is 0 Å². The Kier molecular flexibility index (Phi) is 5.72. The maximum absolute atomic E-state index is 11.5. The van der Waals surface area contributed by atoms with Crippen LogP contribution in [0.1, 0.15) is 29.7 Å². The average Bonchev–Trinajstić information content (AvgIpc) is 2.52. The molecule has 5 heteroatoms. The molecular formula is C17H17NO3S. The zero-order chi connectivity index (χ0) is 15.9. The van der Waals surface area contributed by atoms with Gasteiger partial charge in [-0.1, -0.05) is 42.5 Å². The molecule has 0 radical (unpaired) electrons. The van der Waals surface area contributed by atoms with Gasteiger partial charge in [-0.3, -0.25) is 14.9 Å². The van der Waals surface area contributed by atoms with E-state index in [0.29, 0.717) is 6.42 Å². The zero-order valence-corrected chi connectivity index (χ0v) is 13.1. The summed E-state index contributed by atoms with van der Waals surface area (Å²) in [5.74, 6) is 0.916. The predicted molar refractivity (Wildman–Crippen MR) is 88.9 cm³/mol. The Balaban J connectivity index is 2.11. The Hall–Kier alpha value is -2.14. The first-order valence-corrected chi connectivity index (χ1v) is 8.00. The van der Waals surface area contributed by atoms with Crippen LogP contribution in [0, 0.1) is 10.1 Å². The van der Waals surface area contributed by atoms with Gasteiger partial charge >= 0.3 is 0 Å². The standard InChI is InChI=1S/C17H17NO3S/c1-13(19)11-17(22-12-14-5-3-2-4-6-14)15-7-9-16(10-8-15)18(20)21/h2-10,17H,11-12H2,1H3/t17-/m0/s1. The summed E-state index contributed by atoms with van der Waals surface area (Å²) < 4.78 is 0. The Morgan fingerprint density at radius 1 is 1.14 bits per heavy atom. The first-order chi connectivity index (χ1) is 10.6. The van der Waals surface area contributed by atoms with Crippen molar-refractivity contribution < 1.29 is 9.72 Å². The molecule has 2 aromatic rings. The van der Waals surface area contributed by atoms with Crippen molar-refractivity contribution in [1.82, 2.24) is 0 Å². The van der Waals surface area contributed by atoms with E-state index in [9.17, 15) is 14.9 Å². The second-order valence-corrected chi connectivity index (χ2v) is 6.23. The van der Waals surface area contributed by atoms with Gasteiger partial charge in [0, 0.05) is 29.6 Å². The van der Waals surface area contributed by atoms with Gasteiger partial charge in [-0.25, -0.2) is 0 Å². The average molecular weight is 315 g/mol. The van der Waals surface area contributed by atoms with Gasteiger partial charge in [0.1, 0.15) is 5.78 Å². The molecule has 4 nitrogen and oxygen atoms in total. The van der Waals surface area contributed by atoms with E-state index >= 15 is 0 Å². The largest absolute Gasteiger partial charge is 0.300 e. The molecule has 2 aromatic carbocycles. The maximum atomic E-state index is 11.5. The lowest BCUT2D eigenvalue weighted by Crippen LogP contribution is -2.02. The molecular weight excluding hydrogens is 298 g/mol. The smallest absolute Gasteiger partial charge is 0.269 e. The molecule has 22 heavy (non-hydrogen) atoms. The van der Waals surface area contributed by atoms with Gasteiger partial charge < -0.3 is 0 Å². The van der Waals surface area contributed by atoms with Crippen LogP contribution in [0.4, 0.5) is 5.69 Å². The summed E-state index contributed by atoms with van der Waals surface area (Å²) >= 11 is 1.68. The van der Waals surface area contributed by atoms with Crippen molar-refractivity contribution in [2.45, 2.75) is 24.3 Å². The predicted octanol–water partition coefficient (Wildman–Crippen LogP) is 4.55. The summed E-state index contributed by atoms with van der Waals surface area (Å²) in [6.07, 6.45) is 0.426. The topological polar surface area (TPSA) is 60.2 Å². The van der Waals surface area contributed by atoms with Gasteiger partial charge in [-0.2, -0.15) is 0 Å². The van der Waals surface area contributed by atoms with E-state index in [1.54, 1.807) is 30.8 Å². The minimum atomic E-state index is -0.416. The summed E-state index contributed by atoms with van der Waals surface area (Å²) in [7, 11) is 0. The van der Waals surface area contributed by atoms with Gasteiger partial charge in [0.25, 0.3) is 5.69 Å². The normalized spacial score (nSPS) is 11.9. The number of nitro groups is 1. The van der Waals surface area contributed by atoms with Crippen LogP contribution in [-0.4, -0.2) is 10.7 Å². The molecule has 0 fully saturated rings. The summed E-state index contributed by atoms with van der Waals surface area (Å²) in [5.41, 5.74) is 2.21. The SMILES string of the molecule is CC(=O)C[C@H](SCc1ccccc1)c1ccc([N+](=O)[O-])cc1. The number of hydrogen-bond acceptors (Lipinski definition) is 4. The second-order valence-electron chi connectivity index (χ2n) is 5.04.